The molecule has 0 saturated carbocycles. The fourth-order valence-corrected chi connectivity index (χ4v) is 0.889. The zero-order valence-electron chi connectivity index (χ0n) is 5.07. The molecule has 62 valence electrons. The Morgan fingerprint density at radius 3 is 2.27 bits per heavy atom. The van der Waals surface area contributed by atoms with Crippen molar-refractivity contribution in [2.75, 3.05) is 0 Å². The molecule has 0 saturated heterocycles. The van der Waals surface area contributed by atoms with Crippen molar-refractivity contribution in [3.63, 3.8) is 0 Å². The van der Waals surface area contributed by atoms with E-state index in [0.717, 1.165) is 6.07 Å². The number of hydrogen-bond donors (Lipinski definition) is 3. The van der Waals surface area contributed by atoms with Gasteiger partial charge in [0, 0.05) is 6.07 Å². The molecule has 11 heavy (non-hydrogen) atoms. The summed E-state index contributed by atoms with van der Waals surface area (Å²) in [5.41, 5.74) is 0. The largest absolute Gasteiger partial charge is 0.391 e. The van der Waals surface area contributed by atoms with Crippen molar-refractivity contribution in [3.05, 3.63) is 16.6 Å². The van der Waals surface area contributed by atoms with Gasteiger partial charge in [-0.2, -0.15) is 14.2 Å². The Balaban J connectivity index is 3.13. The van der Waals surface area contributed by atoms with E-state index in [0.29, 0.717) is 0 Å². The maximum atomic E-state index is 12.5. The van der Waals surface area contributed by atoms with E-state index < -0.39 is 12.0 Å². The second kappa shape index (κ2) is 2.52. The van der Waals surface area contributed by atoms with Crippen LogP contribution >= 0.6 is 15.9 Å². The van der Waals surface area contributed by atoms with E-state index in [2.05, 4.69) is 21.0 Å². The zero-order chi connectivity index (χ0) is 8.65. The van der Waals surface area contributed by atoms with Crippen molar-refractivity contribution >= 4 is 15.9 Å². The topological polar surface area (TPSA) is 78.5 Å². The van der Waals surface area contributed by atoms with Crippen LogP contribution in [0.15, 0.2) is 10.7 Å². The normalized spacial score (nSPS) is 12.1. The highest BCUT2D eigenvalue weighted by Gasteiger charge is 2.26. The van der Waals surface area contributed by atoms with Crippen molar-refractivity contribution in [3.8, 4) is 0 Å². The Morgan fingerprint density at radius 2 is 2.09 bits per heavy atom. The molecule has 1 aromatic heterocycles. The lowest BCUT2D eigenvalue weighted by Gasteiger charge is -2.13. The second-order valence-electron chi connectivity index (χ2n) is 1.80. The number of halogens is 2. The zero-order valence-corrected chi connectivity index (χ0v) is 6.66. The van der Waals surface area contributed by atoms with Crippen LogP contribution in [0.3, 0.4) is 0 Å². The Morgan fingerprint density at radius 1 is 1.55 bits per heavy atom. The number of aliphatic hydroxyl groups is 3. The number of aromatic nitrogens is 2. The van der Waals surface area contributed by atoms with Crippen LogP contribution in [0, 0.1) is 5.95 Å². The molecule has 0 radical (unpaired) electrons. The van der Waals surface area contributed by atoms with Crippen LogP contribution < -0.4 is 0 Å². The van der Waals surface area contributed by atoms with Gasteiger partial charge in [-0.15, -0.1) is 0 Å². The molecule has 0 aliphatic rings. The fraction of sp³-hybridized carbons (Fsp3) is 0.250. The molecule has 0 spiro atoms. The minimum atomic E-state index is -3.30. The van der Waals surface area contributed by atoms with Gasteiger partial charge in [0.15, 0.2) is 0 Å². The second-order valence-corrected chi connectivity index (χ2v) is 2.61. The summed E-state index contributed by atoms with van der Waals surface area (Å²) < 4.78 is 12.6. The van der Waals surface area contributed by atoms with Crippen molar-refractivity contribution in [1.29, 1.82) is 0 Å². The molecule has 0 aliphatic carbocycles. The summed E-state index contributed by atoms with van der Waals surface area (Å²) in [6, 6.07) is 0.872. The van der Waals surface area contributed by atoms with E-state index in [4.69, 9.17) is 15.3 Å². The van der Waals surface area contributed by atoms with Crippen LogP contribution in [0.25, 0.3) is 0 Å². The molecular formula is C4H4BrFN2O3. The van der Waals surface area contributed by atoms with Gasteiger partial charge in [0.05, 0.1) is 0 Å². The number of hydrogen-bond acceptors (Lipinski definition) is 4. The third kappa shape index (κ3) is 1.74. The summed E-state index contributed by atoms with van der Waals surface area (Å²) in [6.07, 6.45) is -3.30. The van der Waals surface area contributed by atoms with Crippen LogP contribution in [0.1, 0.15) is 0 Å². The first-order valence-corrected chi connectivity index (χ1v) is 3.29. The molecule has 0 unspecified atom stereocenters. The van der Waals surface area contributed by atoms with Gasteiger partial charge in [-0.05, 0) is 15.9 Å². The number of nitrogens with zero attached hydrogens (tertiary/aromatic N) is 2. The molecular weight excluding hydrogens is 223 g/mol. The molecule has 0 aromatic carbocycles. The molecule has 5 nitrogen and oxygen atoms in total. The first-order valence-electron chi connectivity index (χ1n) is 2.50. The first-order chi connectivity index (χ1) is 4.91. The molecule has 0 atom stereocenters. The molecule has 0 amide bonds. The summed E-state index contributed by atoms with van der Waals surface area (Å²) >= 11 is 2.77. The maximum absolute atomic E-state index is 12.5. The standard InChI is InChI=1S/C4H4BrFN2O3/c5-2-1-3(6)8(7-2)4(9,10)11/h1,9-11H. The first kappa shape index (κ1) is 8.60. The highest BCUT2D eigenvalue weighted by molar-refractivity contribution is 9.10. The lowest BCUT2D eigenvalue weighted by atomic mass is 10.7. The van der Waals surface area contributed by atoms with Gasteiger partial charge in [0.25, 0.3) is 0 Å². The monoisotopic (exact) mass is 226 g/mol. The van der Waals surface area contributed by atoms with Gasteiger partial charge >= 0.3 is 6.10 Å². The summed E-state index contributed by atoms with van der Waals surface area (Å²) in [7, 11) is 0. The van der Waals surface area contributed by atoms with E-state index in [9.17, 15) is 4.39 Å². The van der Waals surface area contributed by atoms with Crippen molar-refractivity contribution in [1.82, 2.24) is 9.78 Å². The van der Waals surface area contributed by atoms with Gasteiger partial charge in [0.2, 0.25) is 5.95 Å². The van der Waals surface area contributed by atoms with Crippen LogP contribution in [0.2, 0.25) is 0 Å². The summed E-state index contributed by atoms with van der Waals surface area (Å²) in [5, 5.41) is 28.5. The number of rotatable bonds is 1. The molecule has 7 heteroatoms. The van der Waals surface area contributed by atoms with Gasteiger partial charge in [0.1, 0.15) is 4.60 Å². The predicted molar refractivity (Wildman–Crippen MR) is 34.5 cm³/mol. The van der Waals surface area contributed by atoms with Gasteiger partial charge in [-0.1, -0.05) is 0 Å². The molecule has 1 rings (SSSR count). The summed E-state index contributed by atoms with van der Waals surface area (Å²) in [6.45, 7) is 0. The third-order valence-electron chi connectivity index (χ3n) is 0.920. The third-order valence-corrected chi connectivity index (χ3v) is 1.31. The lowest BCUT2D eigenvalue weighted by molar-refractivity contribution is -0.384. The highest BCUT2D eigenvalue weighted by Crippen LogP contribution is 2.13. The average molecular weight is 227 g/mol. The van der Waals surface area contributed by atoms with Gasteiger partial charge < -0.3 is 15.3 Å². The van der Waals surface area contributed by atoms with E-state index in [1.165, 1.54) is 0 Å². The summed E-state index contributed by atoms with van der Waals surface area (Å²) in [4.78, 5) is 0. The quantitative estimate of drug-likeness (QED) is 0.556. The lowest BCUT2D eigenvalue weighted by Crippen LogP contribution is -2.34. The molecule has 3 N–H and O–H groups in total. The molecule has 0 fully saturated rings. The Bertz CT molecular complexity index is 269. The smallest absolute Gasteiger partial charge is 0.324 e. The Kier molecular flexibility index (Phi) is 1.97. The summed E-state index contributed by atoms with van der Waals surface area (Å²) in [5.74, 6) is -1.07. The highest BCUT2D eigenvalue weighted by atomic mass is 79.9. The van der Waals surface area contributed by atoms with Crippen LogP contribution in [-0.2, 0) is 6.10 Å². The SMILES string of the molecule is OC(O)(O)n1nc(Br)cc1F. The van der Waals surface area contributed by atoms with Gasteiger partial charge in [-0.25, -0.2) is 0 Å². The van der Waals surface area contributed by atoms with E-state index in [1.807, 2.05) is 0 Å². The van der Waals surface area contributed by atoms with Gasteiger partial charge in [-0.3, -0.25) is 0 Å². The van der Waals surface area contributed by atoms with Crippen LogP contribution in [0.5, 0.6) is 0 Å². The molecule has 0 bridgehead atoms. The predicted octanol–water partition coefficient (Wildman–Crippen LogP) is -0.671. The van der Waals surface area contributed by atoms with E-state index in [-0.39, 0.29) is 9.28 Å². The fourth-order valence-electron chi connectivity index (χ4n) is 0.542. The Hall–Kier alpha value is -0.500. The minimum Gasteiger partial charge on any atom is -0.324 e. The van der Waals surface area contributed by atoms with E-state index >= 15 is 0 Å². The van der Waals surface area contributed by atoms with Crippen molar-refractivity contribution < 1.29 is 19.7 Å². The van der Waals surface area contributed by atoms with Crippen molar-refractivity contribution in [2.45, 2.75) is 6.10 Å². The minimum absolute atomic E-state index is 0.0110. The molecule has 1 aromatic rings. The van der Waals surface area contributed by atoms with E-state index in [1.54, 1.807) is 0 Å². The maximum Gasteiger partial charge on any atom is 0.391 e. The average Bonchev–Trinajstić information content (AvgIpc) is 2.08. The van der Waals surface area contributed by atoms with Crippen LogP contribution in [0.4, 0.5) is 4.39 Å². The molecule has 0 aliphatic heterocycles. The Labute approximate surface area is 68.8 Å². The van der Waals surface area contributed by atoms with Crippen LogP contribution in [-0.4, -0.2) is 25.1 Å². The molecule has 1 heterocycles. The van der Waals surface area contributed by atoms with Crippen molar-refractivity contribution in [2.24, 2.45) is 0 Å².